The summed E-state index contributed by atoms with van der Waals surface area (Å²) in [5, 5.41) is 8.45. The minimum absolute atomic E-state index is 0.308. The molecule has 0 saturated heterocycles. The highest BCUT2D eigenvalue weighted by Crippen LogP contribution is 2.09. The summed E-state index contributed by atoms with van der Waals surface area (Å²) in [5.41, 5.74) is 0. The van der Waals surface area contributed by atoms with Crippen molar-refractivity contribution >= 4 is 16.8 Å². The van der Waals surface area contributed by atoms with Crippen LogP contribution in [0.2, 0.25) is 0 Å². The molecule has 0 fully saturated rings. The van der Waals surface area contributed by atoms with Crippen molar-refractivity contribution in [3.05, 3.63) is 0 Å². The predicted octanol–water partition coefficient (Wildman–Crippen LogP) is 3.35. The normalized spacial score (nSPS) is 12.5. The van der Waals surface area contributed by atoms with Crippen LogP contribution in [0.5, 0.6) is 0 Å². The van der Waals surface area contributed by atoms with Crippen LogP contribution in [0.25, 0.3) is 0 Å². The number of aliphatic carboxylic acids is 1. The van der Waals surface area contributed by atoms with E-state index in [2.05, 4.69) is 0 Å². The van der Waals surface area contributed by atoms with Crippen LogP contribution >= 0.6 is 0 Å². The number of carboxylic acid groups (broad SMARTS) is 1. The molecule has 0 heterocycles. The molecule has 0 saturated carbocycles. The summed E-state index contributed by atoms with van der Waals surface area (Å²) in [5.74, 6) is 0.951. The van der Waals surface area contributed by atoms with Gasteiger partial charge in [-0.05, 0) is 12.8 Å². The molecule has 1 atom stereocenters. The molecule has 0 aromatic rings. The third-order valence-corrected chi connectivity index (χ3v) is 4.22. The van der Waals surface area contributed by atoms with Gasteiger partial charge in [0.1, 0.15) is 0 Å². The zero-order chi connectivity index (χ0) is 12.9. The van der Waals surface area contributed by atoms with Crippen LogP contribution in [0.15, 0.2) is 0 Å². The van der Waals surface area contributed by atoms with Crippen molar-refractivity contribution in [3.63, 3.8) is 0 Å². The van der Waals surface area contributed by atoms with Gasteiger partial charge in [0.05, 0.1) is 0 Å². The highest BCUT2D eigenvalue weighted by atomic mass is 32.2. The zero-order valence-electron chi connectivity index (χ0n) is 11.0. The lowest BCUT2D eigenvalue weighted by molar-refractivity contribution is -0.137. The number of rotatable bonds is 12. The van der Waals surface area contributed by atoms with Crippen LogP contribution < -0.4 is 0 Å². The zero-order valence-corrected chi connectivity index (χ0v) is 11.8. The summed E-state index contributed by atoms with van der Waals surface area (Å²) in [4.78, 5) is 10.3. The first-order valence-corrected chi connectivity index (χ1v) is 8.22. The maximum atomic E-state index is 11.1. The Morgan fingerprint density at radius 2 is 1.41 bits per heavy atom. The molecule has 4 heteroatoms. The molecular formula is C13H26O3S. The van der Waals surface area contributed by atoms with Gasteiger partial charge >= 0.3 is 5.97 Å². The highest BCUT2D eigenvalue weighted by molar-refractivity contribution is 7.84. The first kappa shape index (κ1) is 16.6. The van der Waals surface area contributed by atoms with Crippen LogP contribution in [-0.4, -0.2) is 26.8 Å². The number of carbonyl (C=O) groups is 1. The van der Waals surface area contributed by atoms with Crippen LogP contribution in [0.1, 0.15) is 64.7 Å². The fourth-order valence-corrected chi connectivity index (χ4v) is 2.56. The SMILES string of the molecule is CCS(=O)CCCCCCCCCCC(=O)O. The molecule has 0 aliphatic heterocycles. The number of unbranched alkanes of at least 4 members (excludes halogenated alkanes) is 7. The lowest BCUT2D eigenvalue weighted by Crippen LogP contribution is -1.99. The van der Waals surface area contributed by atoms with Gasteiger partial charge in [-0.2, -0.15) is 0 Å². The summed E-state index contributed by atoms with van der Waals surface area (Å²) in [6, 6.07) is 0. The molecule has 0 aromatic heterocycles. The lowest BCUT2D eigenvalue weighted by atomic mass is 10.1. The number of hydrogen-bond acceptors (Lipinski definition) is 2. The number of carboxylic acids is 1. The van der Waals surface area contributed by atoms with Crippen molar-refractivity contribution in [3.8, 4) is 0 Å². The molecule has 0 aliphatic carbocycles. The lowest BCUT2D eigenvalue weighted by Gasteiger charge is -2.01. The molecule has 3 nitrogen and oxygen atoms in total. The maximum Gasteiger partial charge on any atom is 0.303 e. The Balaban J connectivity index is 3.03. The Labute approximate surface area is 107 Å². The predicted molar refractivity (Wildman–Crippen MR) is 72.7 cm³/mol. The van der Waals surface area contributed by atoms with Crippen molar-refractivity contribution in [1.82, 2.24) is 0 Å². The minimum atomic E-state index is -0.686. The molecule has 0 aromatic carbocycles. The van der Waals surface area contributed by atoms with Crippen molar-refractivity contribution in [1.29, 1.82) is 0 Å². The average molecular weight is 262 g/mol. The van der Waals surface area contributed by atoms with Crippen LogP contribution in [0.3, 0.4) is 0 Å². The highest BCUT2D eigenvalue weighted by Gasteiger charge is 1.98. The Bertz CT molecular complexity index is 217. The Kier molecular flexibility index (Phi) is 11.8. The van der Waals surface area contributed by atoms with Gasteiger partial charge in [0.15, 0.2) is 0 Å². The van der Waals surface area contributed by atoms with Crippen molar-refractivity contribution in [2.24, 2.45) is 0 Å². The fourth-order valence-electron chi connectivity index (χ4n) is 1.74. The summed E-state index contributed by atoms with van der Waals surface area (Å²) in [7, 11) is -0.599. The Morgan fingerprint density at radius 3 is 1.88 bits per heavy atom. The monoisotopic (exact) mass is 262 g/mol. The largest absolute Gasteiger partial charge is 0.481 e. The molecular weight excluding hydrogens is 236 g/mol. The van der Waals surface area contributed by atoms with Gasteiger partial charge < -0.3 is 5.11 Å². The van der Waals surface area contributed by atoms with Crippen molar-refractivity contribution in [2.75, 3.05) is 11.5 Å². The third-order valence-electron chi connectivity index (χ3n) is 2.83. The van der Waals surface area contributed by atoms with E-state index in [1.54, 1.807) is 0 Å². The smallest absolute Gasteiger partial charge is 0.303 e. The first-order chi connectivity index (χ1) is 8.16. The molecule has 102 valence electrons. The second-order valence-electron chi connectivity index (χ2n) is 4.40. The number of hydrogen-bond donors (Lipinski definition) is 1. The van der Waals surface area contributed by atoms with Crippen molar-refractivity contribution < 1.29 is 14.1 Å². The van der Waals surface area contributed by atoms with Gasteiger partial charge in [-0.1, -0.05) is 45.4 Å². The van der Waals surface area contributed by atoms with E-state index in [9.17, 15) is 9.00 Å². The van der Waals surface area contributed by atoms with E-state index in [4.69, 9.17) is 5.11 Å². The molecule has 0 bridgehead atoms. The van der Waals surface area contributed by atoms with E-state index >= 15 is 0 Å². The van der Waals surface area contributed by atoms with Crippen LogP contribution in [-0.2, 0) is 15.6 Å². The van der Waals surface area contributed by atoms with E-state index in [-0.39, 0.29) is 0 Å². The minimum Gasteiger partial charge on any atom is -0.481 e. The van der Waals surface area contributed by atoms with Gasteiger partial charge in [0.25, 0.3) is 0 Å². The Morgan fingerprint density at radius 1 is 0.941 bits per heavy atom. The maximum absolute atomic E-state index is 11.1. The van der Waals surface area contributed by atoms with Crippen molar-refractivity contribution in [2.45, 2.75) is 64.7 Å². The molecule has 0 amide bonds. The summed E-state index contributed by atoms with van der Waals surface area (Å²) >= 11 is 0. The third kappa shape index (κ3) is 13.6. The van der Waals surface area contributed by atoms with E-state index in [1.165, 1.54) is 25.7 Å². The average Bonchev–Trinajstić information content (AvgIpc) is 2.30. The van der Waals surface area contributed by atoms with Crippen LogP contribution in [0.4, 0.5) is 0 Å². The van der Waals surface area contributed by atoms with Gasteiger partial charge in [0.2, 0.25) is 0 Å². The summed E-state index contributed by atoms with van der Waals surface area (Å²) in [6.45, 7) is 1.97. The Hall–Kier alpha value is -0.380. The van der Waals surface area contributed by atoms with Gasteiger partial charge in [0, 0.05) is 28.7 Å². The van der Waals surface area contributed by atoms with Gasteiger partial charge in [-0.15, -0.1) is 0 Å². The first-order valence-electron chi connectivity index (χ1n) is 6.73. The molecule has 0 rings (SSSR count). The van der Waals surface area contributed by atoms with E-state index in [0.717, 1.165) is 37.2 Å². The fraction of sp³-hybridized carbons (Fsp3) is 0.923. The van der Waals surface area contributed by atoms with Crippen LogP contribution in [0, 0.1) is 0 Å². The standard InChI is InChI=1S/C13H26O3S/c1-2-17(16)12-10-8-6-4-3-5-7-9-11-13(14)15/h2-12H2,1H3,(H,14,15). The molecule has 0 aliphatic rings. The topological polar surface area (TPSA) is 54.4 Å². The van der Waals surface area contributed by atoms with Gasteiger partial charge in [-0.25, -0.2) is 0 Å². The second kappa shape index (κ2) is 12.1. The summed E-state index contributed by atoms with van der Waals surface area (Å²) in [6.07, 6.45) is 9.22. The molecule has 1 N–H and O–H groups in total. The molecule has 0 spiro atoms. The summed E-state index contributed by atoms with van der Waals surface area (Å²) < 4.78 is 11.1. The van der Waals surface area contributed by atoms with Gasteiger partial charge in [-0.3, -0.25) is 9.00 Å². The quantitative estimate of drug-likeness (QED) is 0.549. The molecule has 0 radical (unpaired) electrons. The van der Waals surface area contributed by atoms with E-state index in [0.29, 0.717) is 6.42 Å². The second-order valence-corrected chi connectivity index (χ2v) is 6.27. The molecule has 1 unspecified atom stereocenters. The molecule has 17 heavy (non-hydrogen) atoms. The van der Waals surface area contributed by atoms with E-state index < -0.39 is 16.8 Å². The van der Waals surface area contributed by atoms with E-state index in [1.807, 2.05) is 6.92 Å².